The number of benzene rings is 1. The Morgan fingerprint density at radius 2 is 1.94 bits per heavy atom. The standard InChI is InChI=1S/C10H7ClN4O3/c1-18-9-3-7-6(2-5(9)11)14(16)8(4-12)10(13)15(7)17/h2-3H,13H2,1H3. The first-order valence-corrected chi connectivity index (χ1v) is 5.11. The Bertz CT molecular complexity index is 696. The van der Waals surface area contributed by atoms with Crippen LogP contribution < -0.4 is 19.9 Å². The van der Waals surface area contributed by atoms with Gasteiger partial charge < -0.3 is 15.2 Å². The van der Waals surface area contributed by atoms with Gasteiger partial charge in [-0.1, -0.05) is 11.6 Å². The number of methoxy groups -OCH3 is 1. The minimum atomic E-state index is -0.473. The Morgan fingerprint density at radius 3 is 2.50 bits per heavy atom. The van der Waals surface area contributed by atoms with Crippen molar-refractivity contribution in [2.24, 2.45) is 0 Å². The second-order valence-electron chi connectivity index (χ2n) is 3.41. The van der Waals surface area contributed by atoms with E-state index in [4.69, 9.17) is 27.3 Å². The van der Waals surface area contributed by atoms with Crippen molar-refractivity contribution in [2.45, 2.75) is 0 Å². The Labute approximate surface area is 106 Å². The number of hydrogen-bond donors (Lipinski definition) is 1. The van der Waals surface area contributed by atoms with E-state index in [0.29, 0.717) is 4.73 Å². The average molecular weight is 267 g/mol. The topological polar surface area (TPSA) is 113 Å². The third-order valence-electron chi connectivity index (χ3n) is 2.46. The summed E-state index contributed by atoms with van der Waals surface area (Å²) < 4.78 is 5.50. The number of halogens is 1. The predicted molar refractivity (Wildman–Crippen MR) is 62.6 cm³/mol. The molecule has 2 rings (SSSR count). The van der Waals surface area contributed by atoms with Gasteiger partial charge in [-0.3, -0.25) is 5.73 Å². The number of hydrogen-bond acceptors (Lipinski definition) is 5. The first-order valence-electron chi connectivity index (χ1n) is 4.73. The van der Waals surface area contributed by atoms with Crippen molar-refractivity contribution in [3.63, 3.8) is 0 Å². The smallest absolute Gasteiger partial charge is 0.385 e. The second-order valence-corrected chi connectivity index (χ2v) is 3.82. The minimum Gasteiger partial charge on any atom is -0.710 e. The molecule has 0 spiro atoms. The number of nitriles is 1. The van der Waals surface area contributed by atoms with Crippen LogP contribution in [0.1, 0.15) is 5.69 Å². The van der Waals surface area contributed by atoms with E-state index in [9.17, 15) is 10.4 Å². The molecule has 7 nitrogen and oxygen atoms in total. The lowest BCUT2D eigenvalue weighted by molar-refractivity contribution is -0.620. The zero-order valence-electron chi connectivity index (χ0n) is 9.18. The maximum Gasteiger partial charge on any atom is 0.385 e. The average Bonchev–Trinajstić information content (AvgIpc) is 2.36. The number of anilines is 1. The van der Waals surface area contributed by atoms with Gasteiger partial charge in [0.15, 0.2) is 6.07 Å². The lowest BCUT2D eigenvalue weighted by Crippen LogP contribution is -2.43. The lowest BCUT2D eigenvalue weighted by atomic mass is 10.2. The fourth-order valence-electron chi connectivity index (χ4n) is 1.57. The molecule has 0 radical (unpaired) electrons. The van der Waals surface area contributed by atoms with Gasteiger partial charge >= 0.3 is 11.5 Å². The van der Waals surface area contributed by atoms with E-state index in [1.807, 2.05) is 0 Å². The third-order valence-corrected chi connectivity index (χ3v) is 2.75. The Hall–Kier alpha value is -2.46. The van der Waals surface area contributed by atoms with E-state index >= 15 is 0 Å². The van der Waals surface area contributed by atoms with E-state index in [-0.39, 0.29) is 26.5 Å². The summed E-state index contributed by atoms with van der Waals surface area (Å²) in [4.78, 5) is 0. The molecule has 1 aromatic heterocycles. The van der Waals surface area contributed by atoms with Crippen LogP contribution in [-0.4, -0.2) is 7.11 Å². The van der Waals surface area contributed by atoms with Gasteiger partial charge in [0.2, 0.25) is 5.52 Å². The molecule has 0 aliphatic rings. The maximum absolute atomic E-state index is 11.8. The van der Waals surface area contributed by atoms with Gasteiger partial charge in [-0.05, 0) is 0 Å². The monoisotopic (exact) mass is 266 g/mol. The normalized spacial score (nSPS) is 10.3. The SMILES string of the molecule is COc1cc2c(cc1Cl)[n+]([O-])c(C#N)c(N)[n+]2[O-]. The molecule has 0 aliphatic heterocycles. The summed E-state index contributed by atoms with van der Waals surface area (Å²) in [5, 5.41) is 32.6. The Kier molecular flexibility index (Phi) is 2.73. The van der Waals surface area contributed by atoms with Crippen LogP contribution in [0.25, 0.3) is 11.0 Å². The number of fused-ring (bicyclic) bond motifs is 1. The molecule has 1 heterocycles. The van der Waals surface area contributed by atoms with Crippen LogP contribution in [0.5, 0.6) is 5.75 Å². The highest BCUT2D eigenvalue weighted by Gasteiger charge is 2.25. The van der Waals surface area contributed by atoms with Crippen LogP contribution in [0.15, 0.2) is 12.1 Å². The molecular formula is C10H7ClN4O3. The third kappa shape index (κ3) is 1.51. The van der Waals surface area contributed by atoms with Crippen molar-refractivity contribution in [1.82, 2.24) is 0 Å². The van der Waals surface area contributed by atoms with Crippen LogP contribution in [-0.2, 0) is 0 Å². The van der Waals surface area contributed by atoms with Gasteiger partial charge in [0, 0.05) is 12.1 Å². The molecule has 8 heteroatoms. The molecule has 0 fully saturated rings. The highest BCUT2D eigenvalue weighted by molar-refractivity contribution is 6.32. The Balaban J connectivity index is 2.99. The lowest BCUT2D eigenvalue weighted by Gasteiger charge is -2.12. The fourth-order valence-corrected chi connectivity index (χ4v) is 1.80. The molecule has 1 aromatic carbocycles. The van der Waals surface area contributed by atoms with E-state index in [0.717, 1.165) is 0 Å². The van der Waals surface area contributed by atoms with Crippen molar-refractivity contribution in [3.05, 3.63) is 33.3 Å². The molecule has 0 aliphatic carbocycles. The second kappa shape index (κ2) is 4.09. The van der Waals surface area contributed by atoms with Crippen molar-refractivity contribution in [3.8, 4) is 11.8 Å². The predicted octanol–water partition coefficient (Wildman–Crippen LogP) is 0.222. The molecule has 2 N–H and O–H groups in total. The fraction of sp³-hybridized carbons (Fsp3) is 0.100. The van der Waals surface area contributed by atoms with Gasteiger partial charge in [-0.15, -0.1) is 4.73 Å². The van der Waals surface area contributed by atoms with Crippen molar-refractivity contribution in [2.75, 3.05) is 12.8 Å². The molecule has 0 saturated heterocycles. The molecule has 0 unspecified atom stereocenters. The van der Waals surface area contributed by atoms with Crippen LogP contribution >= 0.6 is 11.6 Å². The molecule has 0 amide bonds. The largest absolute Gasteiger partial charge is 0.710 e. The number of nitrogens with two attached hydrogens (primary N) is 1. The number of aromatic nitrogens is 2. The molecular weight excluding hydrogens is 260 g/mol. The summed E-state index contributed by atoms with van der Waals surface area (Å²) in [6, 6.07) is 4.11. The molecule has 0 saturated carbocycles. The van der Waals surface area contributed by atoms with Crippen molar-refractivity contribution >= 4 is 28.5 Å². The highest BCUT2D eigenvalue weighted by Crippen LogP contribution is 2.27. The van der Waals surface area contributed by atoms with Crippen LogP contribution in [0.4, 0.5) is 5.82 Å². The molecule has 0 atom stereocenters. The van der Waals surface area contributed by atoms with E-state index < -0.39 is 11.5 Å². The summed E-state index contributed by atoms with van der Waals surface area (Å²) in [6.07, 6.45) is 0. The molecule has 92 valence electrons. The van der Waals surface area contributed by atoms with Crippen LogP contribution in [0.3, 0.4) is 0 Å². The summed E-state index contributed by atoms with van der Waals surface area (Å²) in [7, 11) is 1.38. The Morgan fingerprint density at radius 1 is 1.33 bits per heavy atom. The first kappa shape index (κ1) is 12.0. The van der Waals surface area contributed by atoms with Gasteiger partial charge in [-0.25, -0.2) is 4.73 Å². The summed E-state index contributed by atoms with van der Waals surface area (Å²) in [5.41, 5.74) is 4.87. The van der Waals surface area contributed by atoms with Crippen LogP contribution in [0, 0.1) is 21.7 Å². The molecule has 2 aromatic rings. The number of ether oxygens (including phenoxy) is 1. The zero-order chi connectivity index (χ0) is 13.4. The van der Waals surface area contributed by atoms with E-state index in [1.165, 1.54) is 19.2 Å². The van der Waals surface area contributed by atoms with Gasteiger partial charge in [-0.2, -0.15) is 5.26 Å². The number of nitrogens with zero attached hydrogens (tertiary/aromatic N) is 3. The zero-order valence-corrected chi connectivity index (χ0v) is 9.93. The summed E-state index contributed by atoms with van der Waals surface area (Å²) in [5.74, 6) is -0.234. The van der Waals surface area contributed by atoms with E-state index in [2.05, 4.69) is 0 Å². The quantitative estimate of drug-likeness (QED) is 0.586. The van der Waals surface area contributed by atoms with Gasteiger partial charge in [0.1, 0.15) is 5.75 Å². The highest BCUT2D eigenvalue weighted by atomic mass is 35.5. The van der Waals surface area contributed by atoms with Crippen molar-refractivity contribution < 1.29 is 14.2 Å². The summed E-state index contributed by atoms with van der Waals surface area (Å²) in [6.45, 7) is 0. The van der Waals surface area contributed by atoms with Gasteiger partial charge in [0.25, 0.3) is 5.52 Å². The van der Waals surface area contributed by atoms with E-state index in [1.54, 1.807) is 6.07 Å². The minimum absolute atomic E-state index is 0.0252. The van der Waals surface area contributed by atoms with Crippen LogP contribution in [0.2, 0.25) is 5.02 Å². The first-order chi connectivity index (χ1) is 8.51. The molecule has 0 bridgehead atoms. The maximum atomic E-state index is 11.8. The van der Waals surface area contributed by atoms with Gasteiger partial charge in [0.05, 0.1) is 12.1 Å². The van der Waals surface area contributed by atoms with Crippen molar-refractivity contribution in [1.29, 1.82) is 5.26 Å². The number of nitrogen functional groups attached to an aromatic ring is 1. The summed E-state index contributed by atoms with van der Waals surface area (Å²) >= 11 is 5.86. The number of rotatable bonds is 1. The molecule has 18 heavy (non-hydrogen) atoms.